The molecule has 1 aliphatic rings. The molecule has 0 unspecified atom stereocenters. The van der Waals surface area contributed by atoms with E-state index in [1.54, 1.807) is 31.3 Å². The minimum atomic E-state index is -0.132. The second-order valence-electron chi connectivity index (χ2n) is 5.30. The van der Waals surface area contributed by atoms with Crippen molar-refractivity contribution in [2.75, 3.05) is 7.05 Å². The molecule has 128 valence electrons. The highest BCUT2D eigenvalue weighted by atomic mass is 35.5. The van der Waals surface area contributed by atoms with Gasteiger partial charge in [-0.15, -0.1) is 0 Å². The summed E-state index contributed by atoms with van der Waals surface area (Å²) in [5.74, 6) is 0.484. The van der Waals surface area contributed by atoms with Crippen molar-refractivity contribution in [3.63, 3.8) is 0 Å². The van der Waals surface area contributed by atoms with Gasteiger partial charge in [-0.3, -0.25) is 9.69 Å². The third kappa shape index (κ3) is 4.18. The van der Waals surface area contributed by atoms with Crippen molar-refractivity contribution in [2.45, 2.75) is 6.61 Å². The highest BCUT2D eigenvalue weighted by Gasteiger charge is 2.29. The summed E-state index contributed by atoms with van der Waals surface area (Å²) >= 11 is 18.7. The molecule has 0 spiro atoms. The minimum absolute atomic E-state index is 0.132. The zero-order valence-electron chi connectivity index (χ0n) is 13.2. The van der Waals surface area contributed by atoms with Gasteiger partial charge in [0.15, 0.2) is 0 Å². The van der Waals surface area contributed by atoms with Gasteiger partial charge in [0.25, 0.3) is 5.91 Å². The summed E-state index contributed by atoms with van der Waals surface area (Å²) in [5.41, 5.74) is 1.60. The maximum Gasteiger partial charge on any atom is 0.265 e. The van der Waals surface area contributed by atoms with Gasteiger partial charge in [-0.25, -0.2) is 0 Å². The van der Waals surface area contributed by atoms with Gasteiger partial charge < -0.3 is 4.74 Å². The number of benzene rings is 2. The second kappa shape index (κ2) is 7.79. The fourth-order valence-electron chi connectivity index (χ4n) is 2.22. The number of nitrogens with zero attached hydrogens (tertiary/aromatic N) is 1. The Hall–Kier alpha value is -1.53. The van der Waals surface area contributed by atoms with Crippen LogP contribution in [0.2, 0.25) is 10.0 Å². The van der Waals surface area contributed by atoms with Crippen molar-refractivity contribution < 1.29 is 9.53 Å². The maximum absolute atomic E-state index is 12.2. The van der Waals surface area contributed by atoms with Crippen molar-refractivity contribution in [2.24, 2.45) is 0 Å². The van der Waals surface area contributed by atoms with Crippen LogP contribution in [0.5, 0.6) is 5.75 Å². The first-order valence-corrected chi connectivity index (χ1v) is 9.31. The monoisotopic (exact) mass is 409 g/mol. The zero-order valence-corrected chi connectivity index (χ0v) is 16.3. The fourth-order valence-corrected chi connectivity index (χ4v) is 3.76. The first-order valence-electron chi connectivity index (χ1n) is 7.33. The van der Waals surface area contributed by atoms with Gasteiger partial charge in [0.1, 0.15) is 16.7 Å². The molecule has 1 fully saturated rings. The molecule has 0 N–H and O–H groups in total. The molecule has 7 heteroatoms. The van der Waals surface area contributed by atoms with Crippen molar-refractivity contribution in [3.8, 4) is 5.75 Å². The van der Waals surface area contributed by atoms with E-state index in [9.17, 15) is 4.79 Å². The molecule has 0 radical (unpaired) electrons. The van der Waals surface area contributed by atoms with Crippen LogP contribution in [0, 0.1) is 0 Å². The number of thiocarbonyl (C=S) groups is 1. The highest BCUT2D eigenvalue weighted by Crippen LogP contribution is 2.34. The number of hydrogen-bond acceptors (Lipinski definition) is 4. The third-order valence-electron chi connectivity index (χ3n) is 3.59. The Labute approximate surface area is 165 Å². The molecule has 0 saturated carbocycles. The van der Waals surface area contributed by atoms with E-state index in [0.29, 0.717) is 37.2 Å². The summed E-state index contributed by atoms with van der Waals surface area (Å²) in [4.78, 5) is 14.2. The molecular weight excluding hydrogens is 397 g/mol. The number of rotatable bonds is 4. The number of halogens is 2. The van der Waals surface area contributed by atoms with Crippen LogP contribution < -0.4 is 4.74 Å². The van der Waals surface area contributed by atoms with Crippen LogP contribution in [0.3, 0.4) is 0 Å². The molecule has 1 heterocycles. The van der Waals surface area contributed by atoms with Gasteiger partial charge >= 0.3 is 0 Å². The van der Waals surface area contributed by atoms with Gasteiger partial charge in [0.2, 0.25) is 0 Å². The molecule has 3 rings (SSSR count). The Bertz CT molecular complexity index is 883. The van der Waals surface area contributed by atoms with Crippen molar-refractivity contribution in [1.82, 2.24) is 4.90 Å². The number of ether oxygens (including phenoxy) is 1. The van der Waals surface area contributed by atoms with E-state index in [1.807, 2.05) is 24.3 Å². The predicted molar refractivity (Wildman–Crippen MR) is 108 cm³/mol. The van der Waals surface area contributed by atoms with Crippen LogP contribution in [-0.4, -0.2) is 22.2 Å². The molecule has 0 aromatic heterocycles. The summed E-state index contributed by atoms with van der Waals surface area (Å²) in [7, 11) is 1.66. The lowest BCUT2D eigenvalue weighted by Gasteiger charge is -2.11. The molecule has 2 aromatic carbocycles. The van der Waals surface area contributed by atoms with Gasteiger partial charge in [0.05, 0.1) is 4.91 Å². The number of likely N-dealkylation sites (N-methyl/N-ethyl adjacent to an activating group) is 1. The normalized spacial score (nSPS) is 16.0. The summed E-state index contributed by atoms with van der Waals surface area (Å²) in [6.45, 7) is 0.316. The van der Waals surface area contributed by atoms with E-state index in [-0.39, 0.29) is 5.91 Å². The van der Waals surface area contributed by atoms with E-state index in [2.05, 4.69) is 0 Å². The zero-order chi connectivity index (χ0) is 18.0. The summed E-state index contributed by atoms with van der Waals surface area (Å²) in [5, 5.41) is 1.20. The van der Waals surface area contributed by atoms with Crippen molar-refractivity contribution >= 4 is 63.5 Å². The molecule has 2 aromatic rings. The van der Waals surface area contributed by atoms with E-state index in [1.165, 1.54) is 16.7 Å². The standard InChI is InChI=1S/C18H13Cl2NO2S2/c1-21-17(22)16(25-18(21)24)9-12-8-13(19)6-7-15(12)23-10-11-4-2-3-5-14(11)20/h2-9H,10H2,1H3. The first kappa shape index (κ1) is 18.3. The Morgan fingerprint density at radius 1 is 1.24 bits per heavy atom. The molecule has 25 heavy (non-hydrogen) atoms. The number of carbonyl (C=O) groups is 1. The molecule has 3 nitrogen and oxygen atoms in total. The third-order valence-corrected chi connectivity index (χ3v) is 5.67. The Kier molecular flexibility index (Phi) is 5.69. The molecule has 0 bridgehead atoms. The SMILES string of the molecule is CN1C(=O)C(=Cc2cc(Cl)ccc2OCc2ccccc2Cl)SC1=S. The van der Waals surface area contributed by atoms with Crippen LogP contribution >= 0.6 is 47.2 Å². The van der Waals surface area contributed by atoms with Crippen molar-refractivity contribution in [3.05, 3.63) is 68.5 Å². The molecule has 1 aliphatic heterocycles. The predicted octanol–water partition coefficient (Wildman–Crippen LogP) is 5.40. The van der Waals surface area contributed by atoms with Crippen LogP contribution in [0.4, 0.5) is 0 Å². The van der Waals surface area contributed by atoms with Crippen LogP contribution in [-0.2, 0) is 11.4 Å². The minimum Gasteiger partial charge on any atom is -0.488 e. The van der Waals surface area contributed by atoms with Crippen LogP contribution in [0.1, 0.15) is 11.1 Å². The van der Waals surface area contributed by atoms with E-state index in [0.717, 1.165) is 5.56 Å². The molecule has 1 saturated heterocycles. The molecule has 1 amide bonds. The number of thioether (sulfide) groups is 1. The van der Waals surface area contributed by atoms with E-state index in [4.69, 9.17) is 40.2 Å². The Balaban J connectivity index is 1.88. The van der Waals surface area contributed by atoms with Gasteiger partial charge in [-0.2, -0.15) is 0 Å². The van der Waals surface area contributed by atoms with Gasteiger partial charge in [0, 0.05) is 28.2 Å². The second-order valence-corrected chi connectivity index (χ2v) is 7.82. The average Bonchev–Trinajstić information content (AvgIpc) is 2.82. The number of carbonyl (C=O) groups excluding carboxylic acids is 1. The largest absolute Gasteiger partial charge is 0.488 e. The highest BCUT2D eigenvalue weighted by molar-refractivity contribution is 8.26. The van der Waals surface area contributed by atoms with Crippen LogP contribution in [0.25, 0.3) is 6.08 Å². The molecule has 0 atom stereocenters. The first-order chi connectivity index (χ1) is 12.0. The number of amides is 1. The Morgan fingerprint density at radius 3 is 2.68 bits per heavy atom. The topological polar surface area (TPSA) is 29.5 Å². The van der Waals surface area contributed by atoms with Gasteiger partial charge in [-0.1, -0.05) is 65.4 Å². The van der Waals surface area contributed by atoms with Gasteiger partial charge in [-0.05, 0) is 30.3 Å². The van der Waals surface area contributed by atoms with E-state index < -0.39 is 0 Å². The smallest absolute Gasteiger partial charge is 0.265 e. The van der Waals surface area contributed by atoms with Crippen molar-refractivity contribution in [1.29, 1.82) is 0 Å². The molecular formula is C18H13Cl2NO2S2. The van der Waals surface area contributed by atoms with E-state index >= 15 is 0 Å². The molecule has 0 aliphatic carbocycles. The van der Waals surface area contributed by atoms with Crippen LogP contribution in [0.15, 0.2) is 47.4 Å². The quantitative estimate of drug-likeness (QED) is 0.499. The maximum atomic E-state index is 12.2. The lowest BCUT2D eigenvalue weighted by atomic mass is 10.1. The summed E-state index contributed by atoms with van der Waals surface area (Å²) < 4.78 is 6.43. The summed E-state index contributed by atoms with van der Waals surface area (Å²) in [6.07, 6.45) is 1.75. The lowest BCUT2D eigenvalue weighted by molar-refractivity contribution is -0.121. The average molecular weight is 410 g/mol. The number of hydrogen-bond donors (Lipinski definition) is 0. The summed E-state index contributed by atoms with van der Waals surface area (Å²) in [6, 6.07) is 12.8. The lowest BCUT2D eigenvalue weighted by Crippen LogP contribution is -2.22. The Morgan fingerprint density at radius 2 is 2.00 bits per heavy atom. The fraction of sp³-hybridized carbons (Fsp3) is 0.111.